The monoisotopic (exact) mass is 588 g/mol. The molecule has 0 saturated carbocycles. The van der Waals surface area contributed by atoms with Gasteiger partial charge in [0.2, 0.25) is 5.91 Å². The lowest BCUT2D eigenvalue weighted by Crippen LogP contribution is -2.46. The van der Waals surface area contributed by atoms with Gasteiger partial charge in [0.05, 0.1) is 29.1 Å². The predicted molar refractivity (Wildman–Crippen MR) is 156 cm³/mol. The minimum atomic E-state index is -0.914. The van der Waals surface area contributed by atoms with Crippen LogP contribution in [0.4, 0.5) is 5.69 Å². The number of amides is 2. The van der Waals surface area contributed by atoms with E-state index in [4.69, 9.17) is 22.1 Å². The molecule has 0 aliphatic carbocycles. The van der Waals surface area contributed by atoms with Crippen LogP contribution in [0.15, 0.2) is 79.3 Å². The number of rotatable bonds is 11. The average Bonchev–Trinajstić information content (AvgIpc) is 3.43. The molecule has 1 unspecified atom stereocenters. The highest BCUT2D eigenvalue weighted by Crippen LogP contribution is 2.35. The second kappa shape index (κ2) is 12.8. The first-order chi connectivity index (χ1) is 20.3. The van der Waals surface area contributed by atoms with Crippen LogP contribution in [0.1, 0.15) is 45.2 Å². The molecule has 216 valence electrons. The van der Waals surface area contributed by atoms with Gasteiger partial charge in [-0.1, -0.05) is 48.0 Å². The lowest BCUT2D eigenvalue weighted by atomic mass is 9.96. The molecule has 11 nitrogen and oxygen atoms in total. The van der Waals surface area contributed by atoms with Crippen molar-refractivity contribution in [1.82, 2.24) is 20.2 Å². The Hall–Kier alpha value is -4.74. The number of aromatic nitrogens is 2. The summed E-state index contributed by atoms with van der Waals surface area (Å²) in [4.78, 5) is 40.3. The number of hydrogen-bond donors (Lipinski definition) is 3. The number of nitro groups is 1. The molecule has 4 N–H and O–H groups in total. The van der Waals surface area contributed by atoms with Gasteiger partial charge in [-0.25, -0.2) is 4.98 Å². The summed E-state index contributed by atoms with van der Waals surface area (Å²) >= 11 is 5.96. The number of para-hydroxylation sites is 1. The van der Waals surface area contributed by atoms with E-state index in [1.165, 1.54) is 12.1 Å². The van der Waals surface area contributed by atoms with Gasteiger partial charge in [0.1, 0.15) is 11.8 Å². The summed E-state index contributed by atoms with van der Waals surface area (Å²) in [6, 6.07) is 17.8. The Morgan fingerprint density at radius 2 is 1.86 bits per heavy atom. The van der Waals surface area contributed by atoms with Crippen molar-refractivity contribution in [3.63, 3.8) is 0 Å². The number of halogens is 1. The van der Waals surface area contributed by atoms with Crippen LogP contribution in [0.5, 0.6) is 5.75 Å². The quantitative estimate of drug-likeness (QED) is 0.177. The van der Waals surface area contributed by atoms with Crippen molar-refractivity contribution >= 4 is 29.1 Å². The Balaban J connectivity index is 1.26. The van der Waals surface area contributed by atoms with E-state index in [0.717, 1.165) is 22.4 Å². The molecule has 2 heterocycles. The number of primary amides is 1. The van der Waals surface area contributed by atoms with Gasteiger partial charge in [0.15, 0.2) is 0 Å². The molecule has 1 aliphatic rings. The van der Waals surface area contributed by atoms with Crippen molar-refractivity contribution in [2.45, 2.75) is 38.0 Å². The van der Waals surface area contributed by atoms with Gasteiger partial charge < -0.3 is 25.7 Å². The van der Waals surface area contributed by atoms with E-state index in [2.05, 4.69) is 15.6 Å². The third-order valence-corrected chi connectivity index (χ3v) is 7.40. The number of carbonyl (C=O) groups excluding carboxylic acids is 2. The molecule has 4 aromatic rings. The number of non-ortho nitro benzene ring substituents is 1. The fourth-order valence-corrected chi connectivity index (χ4v) is 5.04. The molecule has 0 bridgehead atoms. The number of nitro benzene ring substituents is 1. The molecule has 42 heavy (non-hydrogen) atoms. The van der Waals surface area contributed by atoms with Crippen molar-refractivity contribution in [2.75, 3.05) is 6.61 Å². The van der Waals surface area contributed by atoms with E-state index in [1.807, 2.05) is 10.6 Å². The third kappa shape index (κ3) is 6.76. The summed E-state index contributed by atoms with van der Waals surface area (Å²) in [5.74, 6) is -0.631. The van der Waals surface area contributed by atoms with Crippen molar-refractivity contribution in [3.8, 4) is 5.75 Å². The topological polar surface area (TPSA) is 154 Å². The second-order valence-electron chi connectivity index (χ2n) is 9.99. The molecule has 5 rings (SSSR count). The molecule has 0 fully saturated rings. The summed E-state index contributed by atoms with van der Waals surface area (Å²) in [6.07, 6.45) is 4.41. The molecule has 0 saturated heterocycles. The molecule has 2 amide bonds. The normalized spacial score (nSPS) is 14.8. The fraction of sp³-hybridized carbons (Fsp3) is 0.233. The standard InChI is InChI=1S/C30H29ClN6O5/c31-21-8-4-19(5-9-21)14-27(29(32)38)35-30(39)25-3-1-2-24-26(12-13-42-28(24)25)34-16-23-15-33-18-36(23)17-20-6-10-22(11-7-20)37(40)41/h1-11,15,18,26-27,34H,12-14,16-17H2,(H2,32,38)(H,35,39)/t26?,27-/m0/s1. The van der Waals surface area contributed by atoms with Gasteiger partial charge in [0.25, 0.3) is 11.6 Å². The van der Waals surface area contributed by atoms with Crippen molar-refractivity contribution in [2.24, 2.45) is 5.73 Å². The zero-order valence-electron chi connectivity index (χ0n) is 22.5. The van der Waals surface area contributed by atoms with Crippen LogP contribution in [0.2, 0.25) is 5.02 Å². The number of benzene rings is 3. The van der Waals surface area contributed by atoms with E-state index in [-0.39, 0.29) is 18.2 Å². The van der Waals surface area contributed by atoms with Gasteiger partial charge >= 0.3 is 0 Å². The number of nitrogens with zero attached hydrogens (tertiary/aromatic N) is 3. The third-order valence-electron chi connectivity index (χ3n) is 7.15. The number of nitrogens with two attached hydrogens (primary N) is 1. The highest BCUT2D eigenvalue weighted by atomic mass is 35.5. The van der Waals surface area contributed by atoms with Gasteiger partial charge in [-0.05, 0) is 29.3 Å². The Kier molecular flexibility index (Phi) is 8.80. The van der Waals surface area contributed by atoms with E-state index in [0.29, 0.717) is 42.5 Å². The van der Waals surface area contributed by atoms with Gasteiger partial charge in [-0.2, -0.15) is 0 Å². The lowest BCUT2D eigenvalue weighted by molar-refractivity contribution is -0.384. The van der Waals surface area contributed by atoms with E-state index >= 15 is 0 Å². The Morgan fingerprint density at radius 1 is 1.12 bits per heavy atom. The molecule has 2 atom stereocenters. The molecular formula is C30H29ClN6O5. The van der Waals surface area contributed by atoms with E-state index < -0.39 is 22.8 Å². The maximum atomic E-state index is 13.3. The Morgan fingerprint density at radius 3 is 2.57 bits per heavy atom. The molecule has 0 radical (unpaired) electrons. The van der Waals surface area contributed by atoms with Crippen molar-refractivity contribution in [3.05, 3.63) is 122 Å². The second-order valence-corrected chi connectivity index (χ2v) is 10.4. The maximum Gasteiger partial charge on any atom is 0.269 e. The van der Waals surface area contributed by atoms with E-state index in [9.17, 15) is 19.7 Å². The number of nitrogens with one attached hydrogen (secondary N) is 2. The Labute approximate surface area is 246 Å². The van der Waals surface area contributed by atoms with E-state index in [1.54, 1.807) is 61.1 Å². The highest BCUT2D eigenvalue weighted by molar-refractivity contribution is 6.30. The SMILES string of the molecule is NC(=O)[C@H](Cc1ccc(Cl)cc1)NC(=O)c1cccc2c1OCCC2NCc1cncn1Cc1ccc([N+](=O)[O-])cc1. The highest BCUT2D eigenvalue weighted by Gasteiger charge is 2.28. The van der Waals surface area contributed by atoms with Gasteiger partial charge in [-0.15, -0.1) is 0 Å². The predicted octanol–water partition coefficient (Wildman–Crippen LogP) is 3.93. The zero-order chi connectivity index (χ0) is 29.6. The summed E-state index contributed by atoms with van der Waals surface area (Å²) < 4.78 is 7.92. The van der Waals surface area contributed by atoms with Crippen LogP contribution in [0.3, 0.4) is 0 Å². The first-order valence-corrected chi connectivity index (χ1v) is 13.7. The summed E-state index contributed by atoms with van der Waals surface area (Å²) in [5, 5.41) is 17.8. The zero-order valence-corrected chi connectivity index (χ0v) is 23.3. The van der Waals surface area contributed by atoms with Crippen LogP contribution < -0.4 is 21.1 Å². The number of fused-ring (bicyclic) bond motifs is 1. The minimum Gasteiger partial charge on any atom is -0.492 e. The smallest absolute Gasteiger partial charge is 0.269 e. The average molecular weight is 589 g/mol. The number of imidazole rings is 1. The molecule has 0 spiro atoms. The fourth-order valence-electron chi connectivity index (χ4n) is 4.92. The lowest BCUT2D eigenvalue weighted by Gasteiger charge is -2.28. The first-order valence-electron chi connectivity index (χ1n) is 13.3. The van der Waals surface area contributed by atoms with Crippen LogP contribution in [-0.2, 0) is 24.3 Å². The largest absolute Gasteiger partial charge is 0.492 e. The minimum absolute atomic E-state index is 0.0456. The number of ether oxygens (including phenoxy) is 1. The molecule has 3 aromatic carbocycles. The van der Waals surface area contributed by atoms with Gasteiger partial charge in [-0.3, -0.25) is 19.7 Å². The maximum absolute atomic E-state index is 13.3. The number of carbonyl (C=O) groups is 2. The van der Waals surface area contributed by atoms with Gasteiger partial charge in [0, 0.05) is 60.9 Å². The van der Waals surface area contributed by atoms with Crippen LogP contribution in [-0.4, -0.2) is 38.9 Å². The molecule has 1 aliphatic heterocycles. The molecule has 12 heteroatoms. The Bertz CT molecular complexity index is 1590. The van der Waals surface area contributed by atoms with Crippen LogP contribution >= 0.6 is 11.6 Å². The molecule has 1 aromatic heterocycles. The summed E-state index contributed by atoms with van der Waals surface area (Å²) in [7, 11) is 0. The van der Waals surface area contributed by atoms with Crippen LogP contribution in [0.25, 0.3) is 0 Å². The van der Waals surface area contributed by atoms with Crippen molar-refractivity contribution in [1.29, 1.82) is 0 Å². The van der Waals surface area contributed by atoms with Crippen molar-refractivity contribution < 1.29 is 19.2 Å². The summed E-state index contributed by atoms with van der Waals surface area (Å²) in [5.41, 5.74) is 9.48. The van der Waals surface area contributed by atoms with Crippen LogP contribution in [0, 0.1) is 10.1 Å². The first kappa shape index (κ1) is 28.8. The number of hydrogen-bond acceptors (Lipinski definition) is 7. The summed E-state index contributed by atoms with van der Waals surface area (Å²) in [6.45, 7) is 1.42. The molecular weight excluding hydrogens is 560 g/mol.